The zero-order chi connectivity index (χ0) is 13.1. The number of hydrogen-bond donors (Lipinski definition) is 1. The average Bonchev–Trinajstić information content (AvgIpc) is 2.89. The van der Waals surface area contributed by atoms with Gasteiger partial charge in [0.2, 0.25) is 0 Å². The number of carbonyl (C=O) groups excluding carboxylic acids is 1. The SMILES string of the molecule is O=CC[C@@H](c1ccccc1)c1cc2c([nH]1)CC=CC2. The summed E-state index contributed by atoms with van der Waals surface area (Å²) in [6.07, 6.45) is 7.90. The molecule has 1 heterocycles. The van der Waals surface area contributed by atoms with Gasteiger partial charge in [-0.1, -0.05) is 42.5 Å². The Hall–Kier alpha value is -2.09. The molecular weight excluding hydrogens is 234 g/mol. The molecule has 1 aliphatic carbocycles. The lowest BCUT2D eigenvalue weighted by Gasteiger charge is -2.13. The second kappa shape index (κ2) is 5.27. The van der Waals surface area contributed by atoms with E-state index in [0.29, 0.717) is 6.42 Å². The number of H-pyrrole nitrogens is 1. The van der Waals surface area contributed by atoms with Crippen LogP contribution in [-0.4, -0.2) is 11.3 Å². The Morgan fingerprint density at radius 2 is 1.95 bits per heavy atom. The van der Waals surface area contributed by atoms with Crippen LogP contribution in [0, 0.1) is 0 Å². The fourth-order valence-corrected chi connectivity index (χ4v) is 2.75. The van der Waals surface area contributed by atoms with Crippen molar-refractivity contribution < 1.29 is 4.79 Å². The Kier molecular flexibility index (Phi) is 3.32. The van der Waals surface area contributed by atoms with Gasteiger partial charge in [0.05, 0.1) is 0 Å². The molecule has 0 saturated heterocycles. The molecule has 0 aliphatic heterocycles. The van der Waals surface area contributed by atoms with Crippen LogP contribution in [0.15, 0.2) is 48.6 Å². The molecule has 0 amide bonds. The first-order valence-electron chi connectivity index (χ1n) is 6.72. The number of fused-ring (bicyclic) bond motifs is 1. The van der Waals surface area contributed by atoms with E-state index in [1.165, 1.54) is 16.8 Å². The lowest BCUT2D eigenvalue weighted by Crippen LogP contribution is -2.02. The first kappa shape index (κ1) is 12.0. The largest absolute Gasteiger partial charge is 0.361 e. The third-order valence-electron chi connectivity index (χ3n) is 3.75. The molecule has 96 valence electrons. The number of rotatable bonds is 4. The number of allylic oxidation sites excluding steroid dienone is 2. The Morgan fingerprint density at radius 3 is 2.68 bits per heavy atom. The highest BCUT2D eigenvalue weighted by molar-refractivity contribution is 5.54. The quantitative estimate of drug-likeness (QED) is 0.655. The molecule has 0 spiro atoms. The molecular formula is C17H17NO. The number of aromatic amines is 1. The number of hydrogen-bond acceptors (Lipinski definition) is 1. The number of aldehydes is 1. The first-order chi connectivity index (χ1) is 9.38. The third kappa shape index (κ3) is 2.39. The first-order valence-corrected chi connectivity index (χ1v) is 6.72. The van der Waals surface area contributed by atoms with Gasteiger partial charge in [-0.3, -0.25) is 0 Å². The van der Waals surface area contributed by atoms with E-state index in [1.54, 1.807) is 0 Å². The highest BCUT2D eigenvalue weighted by Crippen LogP contribution is 2.29. The van der Waals surface area contributed by atoms with Gasteiger partial charge < -0.3 is 9.78 Å². The maximum atomic E-state index is 11.0. The minimum Gasteiger partial charge on any atom is -0.361 e. The molecule has 0 fully saturated rings. The molecule has 2 aromatic rings. The van der Waals surface area contributed by atoms with Gasteiger partial charge in [-0.2, -0.15) is 0 Å². The highest BCUT2D eigenvalue weighted by Gasteiger charge is 2.18. The van der Waals surface area contributed by atoms with Crippen LogP contribution in [-0.2, 0) is 17.6 Å². The summed E-state index contributed by atoms with van der Waals surface area (Å²) in [5, 5.41) is 0. The van der Waals surface area contributed by atoms with Crippen molar-refractivity contribution in [3.05, 3.63) is 71.1 Å². The van der Waals surface area contributed by atoms with Crippen LogP contribution in [0.5, 0.6) is 0 Å². The van der Waals surface area contributed by atoms with Crippen molar-refractivity contribution in [3.63, 3.8) is 0 Å². The summed E-state index contributed by atoms with van der Waals surface area (Å²) < 4.78 is 0. The third-order valence-corrected chi connectivity index (χ3v) is 3.75. The minimum atomic E-state index is 0.143. The van der Waals surface area contributed by atoms with Crippen molar-refractivity contribution in [3.8, 4) is 0 Å². The van der Waals surface area contributed by atoms with Crippen LogP contribution in [0.3, 0.4) is 0 Å². The standard InChI is InChI=1S/C17H17NO/c19-11-10-15(13-6-2-1-3-7-13)17-12-14-8-4-5-9-16(14)18-17/h1-7,11-12,15,18H,8-10H2/t15-/m0/s1. The molecule has 1 aromatic carbocycles. The van der Waals surface area contributed by atoms with E-state index >= 15 is 0 Å². The minimum absolute atomic E-state index is 0.143. The topological polar surface area (TPSA) is 32.9 Å². The van der Waals surface area contributed by atoms with Gasteiger partial charge >= 0.3 is 0 Å². The number of aromatic nitrogens is 1. The van der Waals surface area contributed by atoms with Crippen LogP contribution < -0.4 is 0 Å². The van der Waals surface area contributed by atoms with Gasteiger partial charge in [0.15, 0.2) is 0 Å². The average molecular weight is 251 g/mol. The van der Waals surface area contributed by atoms with Crippen LogP contribution >= 0.6 is 0 Å². The molecule has 0 saturated carbocycles. The normalized spacial score (nSPS) is 14.9. The van der Waals surface area contributed by atoms with E-state index in [1.807, 2.05) is 18.2 Å². The van der Waals surface area contributed by atoms with E-state index in [0.717, 1.165) is 24.8 Å². The van der Waals surface area contributed by atoms with Gasteiger partial charge in [0, 0.05) is 30.1 Å². The van der Waals surface area contributed by atoms with E-state index in [4.69, 9.17) is 0 Å². The number of nitrogens with one attached hydrogen (secondary N) is 1. The molecule has 1 atom stereocenters. The molecule has 0 bridgehead atoms. The van der Waals surface area contributed by atoms with Gasteiger partial charge in [0.25, 0.3) is 0 Å². The van der Waals surface area contributed by atoms with Crippen LogP contribution in [0.25, 0.3) is 0 Å². The zero-order valence-electron chi connectivity index (χ0n) is 10.8. The summed E-state index contributed by atoms with van der Waals surface area (Å²) in [6, 6.07) is 12.5. The number of carbonyl (C=O) groups is 1. The van der Waals surface area contributed by atoms with Gasteiger partial charge in [-0.05, 0) is 23.6 Å². The van der Waals surface area contributed by atoms with Gasteiger partial charge in [-0.15, -0.1) is 0 Å². The summed E-state index contributed by atoms with van der Waals surface area (Å²) in [4.78, 5) is 14.5. The maximum absolute atomic E-state index is 11.0. The Bertz CT molecular complexity index is 569. The fourth-order valence-electron chi connectivity index (χ4n) is 2.75. The predicted octanol–water partition coefficient (Wildman–Crippen LogP) is 3.39. The lowest BCUT2D eigenvalue weighted by atomic mass is 9.93. The summed E-state index contributed by atoms with van der Waals surface area (Å²) in [5.74, 6) is 0.143. The fraction of sp³-hybridized carbons (Fsp3) is 0.235. The Labute approximate surface area is 113 Å². The zero-order valence-corrected chi connectivity index (χ0v) is 10.8. The maximum Gasteiger partial charge on any atom is 0.120 e. The van der Waals surface area contributed by atoms with Crippen molar-refractivity contribution in [1.29, 1.82) is 0 Å². The molecule has 2 nitrogen and oxygen atoms in total. The smallest absolute Gasteiger partial charge is 0.120 e. The molecule has 0 unspecified atom stereocenters. The van der Waals surface area contributed by atoms with Crippen molar-refractivity contribution in [2.45, 2.75) is 25.2 Å². The lowest BCUT2D eigenvalue weighted by molar-refractivity contribution is -0.108. The Morgan fingerprint density at radius 1 is 1.16 bits per heavy atom. The molecule has 1 aliphatic rings. The molecule has 1 N–H and O–H groups in total. The molecule has 19 heavy (non-hydrogen) atoms. The Balaban J connectivity index is 1.96. The van der Waals surface area contributed by atoms with Crippen molar-refractivity contribution in [2.24, 2.45) is 0 Å². The second-order valence-corrected chi connectivity index (χ2v) is 4.97. The van der Waals surface area contributed by atoms with E-state index < -0.39 is 0 Å². The molecule has 2 heteroatoms. The van der Waals surface area contributed by atoms with E-state index in [2.05, 4.69) is 35.3 Å². The summed E-state index contributed by atoms with van der Waals surface area (Å²) in [5.41, 5.74) is 5.02. The number of benzene rings is 1. The molecule has 3 rings (SSSR count). The van der Waals surface area contributed by atoms with Crippen molar-refractivity contribution >= 4 is 6.29 Å². The molecule has 1 aromatic heterocycles. The van der Waals surface area contributed by atoms with Crippen LogP contribution in [0.1, 0.15) is 34.9 Å². The van der Waals surface area contributed by atoms with E-state index in [-0.39, 0.29) is 5.92 Å². The highest BCUT2D eigenvalue weighted by atomic mass is 16.1. The summed E-state index contributed by atoms with van der Waals surface area (Å²) in [6.45, 7) is 0. The second-order valence-electron chi connectivity index (χ2n) is 4.97. The summed E-state index contributed by atoms with van der Waals surface area (Å²) in [7, 11) is 0. The predicted molar refractivity (Wildman–Crippen MR) is 76.3 cm³/mol. The summed E-state index contributed by atoms with van der Waals surface area (Å²) >= 11 is 0. The van der Waals surface area contributed by atoms with E-state index in [9.17, 15) is 4.79 Å². The van der Waals surface area contributed by atoms with Gasteiger partial charge in [-0.25, -0.2) is 0 Å². The van der Waals surface area contributed by atoms with Crippen LogP contribution in [0.4, 0.5) is 0 Å². The van der Waals surface area contributed by atoms with Crippen molar-refractivity contribution in [2.75, 3.05) is 0 Å². The van der Waals surface area contributed by atoms with Crippen LogP contribution in [0.2, 0.25) is 0 Å². The van der Waals surface area contributed by atoms with Crippen molar-refractivity contribution in [1.82, 2.24) is 4.98 Å². The van der Waals surface area contributed by atoms with Gasteiger partial charge in [0.1, 0.15) is 6.29 Å². The molecule has 0 radical (unpaired) electrons. The monoisotopic (exact) mass is 251 g/mol.